The number of carbonyl (C=O) groups is 1. The van der Waals surface area contributed by atoms with Crippen molar-refractivity contribution in [2.75, 3.05) is 11.9 Å². The molecule has 0 aromatic heterocycles. The van der Waals surface area contributed by atoms with Gasteiger partial charge in [0, 0.05) is 5.69 Å². The second-order valence-corrected chi connectivity index (χ2v) is 5.00. The summed E-state index contributed by atoms with van der Waals surface area (Å²) in [4.78, 5) is 12.3. The third-order valence-corrected chi connectivity index (χ3v) is 3.73. The Kier molecular flexibility index (Phi) is 4.04. The van der Waals surface area contributed by atoms with E-state index in [1.807, 2.05) is 6.92 Å². The number of amides is 1. The van der Waals surface area contributed by atoms with Crippen molar-refractivity contribution in [1.29, 1.82) is 0 Å². The van der Waals surface area contributed by atoms with Crippen LogP contribution in [0.3, 0.4) is 0 Å². The molecule has 1 amide bonds. The molecule has 20 heavy (non-hydrogen) atoms. The minimum absolute atomic E-state index is 0.173. The van der Waals surface area contributed by atoms with E-state index in [-0.39, 0.29) is 11.6 Å². The molecule has 3 nitrogen and oxygen atoms in total. The summed E-state index contributed by atoms with van der Waals surface area (Å²) < 4.78 is 37.9. The minimum Gasteiger partial charge on any atom is -0.324 e. The Morgan fingerprint density at radius 1 is 1.45 bits per heavy atom. The van der Waals surface area contributed by atoms with Gasteiger partial charge in [0.1, 0.15) is 0 Å². The predicted octanol–water partition coefficient (Wildman–Crippen LogP) is 3.18. The van der Waals surface area contributed by atoms with Crippen LogP contribution in [-0.2, 0) is 11.0 Å². The SMILES string of the molecule is CCC1(C(=O)Nc2cccc(C(F)(F)F)c2)CCCN1. The van der Waals surface area contributed by atoms with Crippen molar-refractivity contribution in [2.24, 2.45) is 0 Å². The molecule has 1 saturated heterocycles. The third kappa shape index (κ3) is 2.95. The van der Waals surface area contributed by atoms with E-state index in [0.29, 0.717) is 12.8 Å². The summed E-state index contributed by atoms with van der Waals surface area (Å²) in [7, 11) is 0. The highest BCUT2D eigenvalue weighted by molar-refractivity contribution is 5.98. The first-order chi connectivity index (χ1) is 9.37. The van der Waals surface area contributed by atoms with E-state index >= 15 is 0 Å². The van der Waals surface area contributed by atoms with Gasteiger partial charge in [0.05, 0.1) is 11.1 Å². The normalized spacial score (nSPS) is 22.8. The summed E-state index contributed by atoms with van der Waals surface area (Å²) in [5.41, 5.74) is -1.25. The van der Waals surface area contributed by atoms with Crippen LogP contribution in [0, 0.1) is 0 Å². The van der Waals surface area contributed by atoms with Gasteiger partial charge in [0.25, 0.3) is 0 Å². The zero-order valence-corrected chi connectivity index (χ0v) is 11.2. The topological polar surface area (TPSA) is 41.1 Å². The van der Waals surface area contributed by atoms with Crippen molar-refractivity contribution in [3.05, 3.63) is 29.8 Å². The van der Waals surface area contributed by atoms with E-state index in [1.54, 1.807) is 0 Å². The number of alkyl halides is 3. The van der Waals surface area contributed by atoms with Crippen LogP contribution in [0.15, 0.2) is 24.3 Å². The molecular weight excluding hydrogens is 269 g/mol. The number of halogens is 3. The Labute approximate surface area is 115 Å². The van der Waals surface area contributed by atoms with Crippen LogP contribution < -0.4 is 10.6 Å². The molecule has 0 saturated carbocycles. The molecule has 1 aromatic carbocycles. The smallest absolute Gasteiger partial charge is 0.324 e. The molecule has 1 unspecified atom stereocenters. The number of rotatable bonds is 3. The predicted molar refractivity (Wildman–Crippen MR) is 70.3 cm³/mol. The standard InChI is InChI=1S/C14H17F3N2O/c1-2-13(7-4-8-18-13)12(20)19-11-6-3-5-10(9-11)14(15,16)17/h3,5-6,9,18H,2,4,7-8H2,1H3,(H,19,20). The molecule has 1 atom stereocenters. The maximum atomic E-state index is 12.6. The number of nitrogens with one attached hydrogen (secondary N) is 2. The second-order valence-electron chi connectivity index (χ2n) is 5.00. The van der Waals surface area contributed by atoms with Crippen molar-refractivity contribution in [1.82, 2.24) is 5.32 Å². The largest absolute Gasteiger partial charge is 0.416 e. The van der Waals surface area contributed by atoms with Crippen LogP contribution in [-0.4, -0.2) is 18.0 Å². The van der Waals surface area contributed by atoms with E-state index in [2.05, 4.69) is 10.6 Å². The number of anilines is 1. The van der Waals surface area contributed by atoms with E-state index in [4.69, 9.17) is 0 Å². The molecule has 1 aliphatic rings. The van der Waals surface area contributed by atoms with Crippen molar-refractivity contribution < 1.29 is 18.0 Å². The lowest BCUT2D eigenvalue weighted by Gasteiger charge is -2.26. The second kappa shape index (κ2) is 5.44. The minimum atomic E-state index is -4.41. The highest BCUT2D eigenvalue weighted by Gasteiger charge is 2.39. The van der Waals surface area contributed by atoms with E-state index in [0.717, 1.165) is 25.1 Å². The molecule has 2 rings (SSSR count). The molecule has 1 heterocycles. The van der Waals surface area contributed by atoms with Crippen LogP contribution in [0.1, 0.15) is 31.7 Å². The van der Waals surface area contributed by atoms with Crippen LogP contribution in [0.4, 0.5) is 18.9 Å². The molecule has 110 valence electrons. The molecule has 0 bridgehead atoms. The Balaban J connectivity index is 2.16. The van der Waals surface area contributed by atoms with Gasteiger partial charge in [-0.2, -0.15) is 13.2 Å². The van der Waals surface area contributed by atoms with Crippen molar-refractivity contribution >= 4 is 11.6 Å². The van der Waals surface area contributed by atoms with Gasteiger partial charge >= 0.3 is 6.18 Å². The summed E-state index contributed by atoms with van der Waals surface area (Å²) >= 11 is 0. The first-order valence-electron chi connectivity index (χ1n) is 6.61. The van der Waals surface area contributed by atoms with Gasteiger partial charge in [-0.05, 0) is 44.0 Å². The fourth-order valence-electron chi connectivity index (χ4n) is 2.49. The van der Waals surface area contributed by atoms with Crippen LogP contribution >= 0.6 is 0 Å². The number of benzene rings is 1. The molecule has 1 fully saturated rings. The van der Waals surface area contributed by atoms with Crippen molar-refractivity contribution in [2.45, 2.75) is 37.9 Å². The van der Waals surface area contributed by atoms with Gasteiger partial charge in [-0.1, -0.05) is 13.0 Å². The number of carbonyl (C=O) groups excluding carboxylic acids is 1. The monoisotopic (exact) mass is 286 g/mol. The summed E-state index contributed by atoms with van der Waals surface area (Å²) in [6.07, 6.45) is -2.20. The maximum Gasteiger partial charge on any atom is 0.416 e. The van der Waals surface area contributed by atoms with Gasteiger partial charge in [0.15, 0.2) is 0 Å². The highest BCUT2D eigenvalue weighted by atomic mass is 19.4. The summed E-state index contributed by atoms with van der Waals surface area (Å²) in [5, 5.41) is 5.74. The zero-order chi connectivity index (χ0) is 14.8. The van der Waals surface area contributed by atoms with Gasteiger partial charge in [0.2, 0.25) is 5.91 Å². The first kappa shape index (κ1) is 14.8. The lowest BCUT2D eigenvalue weighted by Crippen LogP contribution is -2.50. The quantitative estimate of drug-likeness (QED) is 0.896. The fourth-order valence-corrected chi connectivity index (χ4v) is 2.49. The first-order valence-corrected chi connectivity index (χ1v) is 6.61. The summed E-state index contributed by atoms with van der Waals surface area (Å²) in [5.74, 6) is -0.267. The zero-order valence-electron chi connectivity index (χ0n) is 11.2. The van der Waals surface area contributed by atoms with E-state index < -0.39 is 17.3 Å². The molecule has 1 aliphatic heterocycles. The van der Waals surface area contributed by atoms with Gasteiger partial charge in [-0.3, -0.25) is 4.79 Å². The Morgan fingerprint density at radius 3 is 2.75 bits per heavy atom. The van der Waals surface area contributed by atoms with Gasteiger partial charge in [-0.25, -0.2) is 0 Å². The van der Waals surface area contributed by atoms with Gasteiger partial charge in [-0.15, -0.1) is 0 Å². The third-order valence-electron chi connectivity index (χ3n) is 3.73. The average Bonchev–Trinajstić information content (AvgIpc) is 2.88. The van der Waals surface area contributed by atoms with Crippen molar-refractivity contribution in [3.8, 4) is 0 Å². The molecule has 1 aromatic rings. The van der Waals surface area contributed by atoms with Crippen LogP contribution in [0.5, 0.6) is 0 Å². The lowest BCUT2D eigenvalue weighted by atomic mass is 9.93. The summed E-state index contributed by atoms with van der Waals surface area (Å²) in [6, 6.07) is 4.69. The van der Waals surface area contributed by atoms with Crippen molar-refractivity contribution in [3.63, 3.8) is 0 Å². The highest BCUT2D eigenvalue weighted by Crippen LogP contribution is 2.31. The Morgan fingerprint density at radius 2 is 2.20 bits per heavy atom. The van der Waals surface area contributed by atoms with Gasteiger partial charge < -0.3 is 10.6 Å². The summed E-state index contributed by atoms with van der Waals surface area (Å²) in [6.45, 7) is 2.65. The maximum absolute atomic E-state index is 12.6. The lowest BCUT2D eigenvalue weighted by molar-refractivity contribution is -0.137. The molecule has 0 spiro atoms. The molecule has 0 aliphatic carbocycles. The fraction of sp³-hybridized carbons (Fsp3) is 0.500. The Hall–Kier alpha value is -1.56. The van der Waals surface area contributed by atoms with E-state index in [1.165, 1.54) is 12.1 Å². The molecular formula is C14H17F3N2O. The van der Waals surface area contributed by atoms with Crippen LogP contribution in [0.25, 0.3) is 0 Å². The number of hydrogen-bond donors (Lipinski definition) is 2. The average molecular weight is 286 g/mol. The molecule has 2 N–H and O–H groups in total. The molecule has 0 radical (unpaired) electrons. The molecule has 6 heteroatoms. The Bertz CT molecular complexity index is 493. The van der Waals surface area contributed by atoms with E-state index in [9.17, 15) is 18.0 Å². The van der Waals surface area contributed by atoms with Crippen LogP contribution in [0.2, 0.25) is 0 Å². The number of hydrogen-bond acceptors (Lipinski definition) is 2.